The van der Waals surface area contributed by atoms with Crippen LogP contribution in [0.15, 0.2) is 29.2 Å². The molecule has 2 aliphatic heterocycles. The van der Waals surface area contributed by atoms with Crippen LogP contribution in [-0.4, -0.2) is 57.6 Å². The first-order valence-electron chi connectivity index (χ1n) is 8.87. The van der Waals surface area contributed by atoms with E-state index in [9.17, 15) is 19.2 Å². The summed E-state index contributed by atoms with van der Waals surface area (Å²) >= 11 is 6.92. The predicted molar refractivity (Wildman–Crippen MR) is 106 cm³/mol. The largest absolute Gasteiger partial charge is 0.481 e. The highest BCUT2D eigenvalue weighted by molar-refractivity contribution is 8.18. The Morgan fingerprint density at radius 1 is 1.21 bits per heavy atom. The normalized spacial score (nSPS) is 19.5. The molecule has 0 bridgehead atoms. The van der Waals surface area contributed by atoms with Gasteiger partial charge in [-0.2, -0.15) is 0 Å². The van der Waals surface area contributed by atoms with Crippen LogP contribution in [0.25, 0.3) is 6.08 Å². The lowest BCUT2D eigenvalue weighted by Crippen LogP contribution is -2.42. The van der Waals surface area contributed by atoms with E-state index in [0.29, 0.717) is 36.5 Å². The Labute approximate surface area is 171 Å². The molecule has 3 amide bonds. The van der Waals surface area contributed by atoms with Gasteiger partial charge in [-0.05, 0) is 42.3 Å². The molecule has 28 heavy (non-hydrogen) atoms. The summed E-state index contributed by atoms with van der Waals surface area (Å²) in [6.45, 7) is 0.760. The third kappa shape index (κ3) is 4.56. The molecule has 1 aromatic rings. The van der Waals surface area contributed by atoms with E-state index in [4.69, 9.17) is 16.7 Å². The summed E-state index contributed by atoms with van der Waals surface area (Å²) in [5, 5.41) is 9.08. The molecular formula is C19H19ClN2O5S. The highest BCUT2D eigenvalue weighted by atomic mass is 35.5. The highest BCUT2D eigenvalue weighted by Gasteiger charge is 2.36. The number of carbonyl (C=O) groups is 4. The number of carboxylic acid groups (broad SMARTS) is 1. The molecule has 0 radical (unpaired) electrons. The molecule has 0 saturated carbocycles. The first kappa shape index (κ1) is 20.4. The molecule has 0 aromatic heterocycles. The van der Waals surface area contributed by atoms with Crippen molar-refractivity contribution in [3.63, 3.8) is 0 Å². The van der Waals surface area contributed by atoms with Gasteiger partial charge < -0.3 is 10.0 Å². The number of likely N-dealkylation sites (tertiary alicyclic amines) is 1. The van der Waals surface area contributed by atoms with Gasteiger partial charge >= 0.3 is 5.97 Å². The molecule has 7 nitrogen and oxygen atoms in total. The summed E-state index contributed by atoms with van der Waals surface area (Å²) in [7, 11) is 0. The minimum atomic E-state index is -0.838. The third-order valence-corrected chi connectivity index (χ3v) is 6.06. The quantitative estimate of drug-likeness (QED) is 0.732. The Kier molecular flexibility index (Phi) is 6.41. The number of nitrogens with zero attached hydrogens (tertiary/aromatic N) is 2. The maximum absolute atomic E-state index is 12.5. The van der Waals surface area contributed by atoms with Gasteiger partial charge in [0.1, 0.15) is 0 Å². The zero-order valence-corrected chi connectivity index (χ0v) is 16.5. The lowest BCUT2D eigenvalue weighted by atomic mass is 9.97. The van der Waals surface area contributed by atoms with E-state index in [1.807, 2.05) is 0 Å². The molecule has 2 aliphatic rings. The molecule has 0 unspecified atom stereocenters. The number of benzene rings is 1. The Morgan fingerprint density at radius 2 is 1.89 bits per heavy atom. The van der Waals surface area contributed by atoms with Crippen LogP contribution in [0, 0.1) is 5.92 Å². The second-order valence-electron chi connectivity index (χ2n) is 6.60. The molecule has 2 heterocycles. The Bertz CT molecular complexity index is 848. The van der Waals surface area contributed by atoms with Crippen LogP contribution in [-0.2, 0) is 14.4 Å². The first-order chi connectivity index (χ1) is 13.4. The summed E-state index contributed by atoms with van der Waals surface area (Å²) in [6, 6.07) is 7.01. The number of thioether (sulfide) groups is 1. The van der Waals surface area contributed by atoms with Gasteiger partial charge in [-0.25, -0.2) is 0 Å². The number of rotatable bonds is 5. The summed E-state index contributed by atoms with van der Waals surface area (Å²) < 4.78 is 0. The van der Waals surface area contributed by atoms with Crippen molar-refractivity contribution >= 4 is 52.5 Å². The van der Waals surface area contributed by atoms with E-state index in [-0.39, 0.29) is 23.8 Å². The molecule has 0 atom stereocenters. The van der Waals surface area contributed by atoms with E-state index in [1.165, 1.54) is 0 Å². The van der Waals surface area contributed by atoms with Crippen LogP contribution in [0.1, 0.15) is 24.8 Å². The van der Waals surface area contributed by atoms with Crippen molar-refractivity contribution in [3.8, 4) is 0 Å². The van der Waals surface area contributed by atoms with E-state index in [0.717, 1.165) is 16.7 Å². The molecule has 148 valence electrons. The van der Waals surface area contributed by atoms with Gasteiger partial charge in [0.2, 0.25) is 5.91 Å². The van der Waals surface area contributed by atoms with Crippen LogP contribution in [0.3, 0.4) is 0 Å². The van der Waals surface area contributed by atoms with E-state index < -0.39 is 23.0 Å². The predicted octanol–water partition coefficient (Wildman–Crippen LogP) is 3.09. The van der Waals surface area contributed by atoms with Crippen molar-refractivity contribution in [1.29, 1.82) is 0 Å². The number of imide groups is 1. The fourth-order valence-electron chi connectivity index (χ4n) is 3.17. The van der Waals surface area contributed by atoms with Gasteiger partial charge in [0.05, 0.1) is 10.8 Å². The van der Waals surface area contributed by atoms with Gasteiger partial charge in [-0.3, -0.25) is 24.1 Å². The number of halogens is 1. The highest BCUT2D eigenvalue weighted by Crippen LogP contribution is 2.33. The van der Waals surface area contributed by atoms with Crippen molar-refractivity contribution in [3.05, 3.63) is 39.8 Å². The monoisotopic (exact) mass is 422 g/mol. The third-order valence-electron chi connectivity index (χ3n) is 4.81. The molecule has 0 spiro atoms. The van der Waals surface area contributed by atoms with E-state index in [2.05, 4.69) is 0 Å². The summed E-state index contributed by atoms with van der Waals surface area (Å²) in [4.78, 5) is 51.0. The molecule has 1 N–H and O–H groups in total. The molecular weight excluding hydrogens is 404 g/mol. The number of piperidine rings is 1. The number of aliphatic carboxylic acids is 1. The molecule has 1 aromatic carbocycles. The first-order valence-corrected chi connectivity index (χ1v) is 10.1. The van der Waals surface area contributed by atoms with Crippen molar-refractivity contribution in [1.82, 2.24) is 9.80 Å². The minimum Gasteiger partial charge on any atom is -0.481 e. The van der Waals surface area contributed by atoms with Gasteiger partial charge in [-0.1, -0.05) is 29.8 Å². The smallest absolute Gasteiger partial charge is 0.306 e. The van der Waals surface area contributed by atoms with Gasteiger partial charge in [-0.15, -0.1) is 0 Å². The fraction of sp³-hybridized carbons (Fsp3) is 0.368. The number of hydrogen-bond donors (Lipinski definition) is 1. The van der Waals surface area contributed by atoms with Gasteiger partial charge in [0.25, 0.3) is 11.1 Å². The molecule has 9 heteroatoms. The lowest BCUT2D eigenvalue weighted by molar-refractivity contribution is -0.145. The van der Waals surface area contributed by atoms with Crippen LogP contribution < -0.4 is 0 Å². The molecule has 2 fully saturated rings. The topological polar surface area (TPSA) is 95.0 Å². The zero-order chi connectivity index (χ0) is 20.3. The Balaban J connectivity index is 1.57. The number of carbonyl (C=O) groups excluding carboxylic acids is 3. The Morgan fingerprint density at radius 3 is 2.54 bits per heavy atom. The van der Waals surface area contributed by atoms with Crippen molar-refractivity contribution in [2.75, 3.05) is 19.6 Å². The summed E-state index contributed by atoms with van der Waals surface area (Å²) in [5.41, 5.74) is 0.645. The van der Waals surface area contributed by atoms with E-state index in [1.54, 1.807) is 35.2 Å². The number of carboxylic acids is 1. The summed E-state index contributed by atoms with van der Waals surface area (Å²) in [6.07, 6.45) is 2.44. The maximum atomic E-state index is 12.5. The van der Waals surface area contributed by atoms with Gasteiger partial charge in [0, 0.05) is 31.1 Å². The van der Waals surface area contributed by atoms with Crippen molar-refractivity contribution < 1.29 is 24.3 Å². The second kappa shape index (κ2) is 8.79. The number of hydrogen-bond acceptors (Lipinski definition) is 5. The standard InChI is InChI=1S/C19H19ClN2O5S/c20-14-4-2-1-3-13(14)11-15-17(24)22(19(27)28-15)10-7-16(23)21-8-5-12(6-9-21)18(25)26/h1-4,11-12H,5-10H2,(H,25,26)/b15-11-. The maximum Gasteiger partial charge on any atom is 0.306 e. The molecule has 3 rings (SSSR count). The van der Waals surface area contributed by atoms with Crippen molar-refractivity contribution in [2.24, 2.45) is 5.92 Å². The SMILES string of the molecule is O=C(O)C1CCN(C(=O)CCN2C(=O)S/C(=C\c3ccccc3Cl)C2=O)CC1. The summed E-state index contributed by atoms with van der Waals surface area (Å²) in [5.74, 6) is -1.87. The average molecular weight is 423 g/mol. The average Bonchev–Trinajstić information content (AvgIpc) is 2.94. The van der Waals surface area contributed by atoms with E-state index >= 15 is 0 Å². The van der Waals surface area contributed by atoms with Crippen LogP contribution in [0.2, 0.25) is 5.02 Å². The molecule has 0 aliphatic carbocycles. The van der Waals surface area contributed by atoms with Crippen molar-refractivity contribution in [2.45, 2.75) is 19.3 Å². The molecule has 2 saturated heterocycles. The van der Waals surface area contributed by atoms with Crippen LogP contribution in [0.5, 0.6) is 0 Å². The van der Waals surface area contributed by atoms with Gasteiger partial charge in [0.15, 0.2) is 0 Å². The lowest BCUT2D eigenvalue weighted by Gasteiger charge is -2.30. The Hall–Kier alpha value is -2.32. The zero-order valence-electron chi connectivity index (χ0n) is 15.0. The minimum absolute atomic E-state index is 0.00220. The second-order valence-corrected chi connectivity index (χ2v) is 8.00. The number of amides is 3. The van der Waals surface area contributed by atoms with Crippen LogP contribution >= 0.6 is 23.4 Å². The fourth-order valence-corrected chi connectivity index (χ4v) is 4.21. The van der Waals surface area contributed by atoms with Crippen LogP contribution in [0.4, 0.5) is 4.79 Å².